The van der Waals surface area contributed by atoms with Gasteiger partial charge in [0.2, 0.25) is 0 Å². The Kier molecular flexibility index (Phi) is 1.46. The molecule has 0 atom stereocenters. The first-order valence-electron chi connectivity index (χ1n) is 4.50. The van der Waals surface area contributed by atoms with Crippen LogP contribution in [0.1, 0.15) is 17.1 Å². The highest BCUT2D eigenvalue weighted by atomic mass is 16.3. The quantitative estimate of drug-likeness (QED) is 0.619. The number of nitrogens with two attached hydrogens (primary N) is 1. The van der Waals surface area contributed by atoms with E-state index in [2.05, 4.69) is 9.97 Å². The fraction of sp³-hybridized carbons (Fsp3) is 0.200. The van der Waals surface area contributed by atoms with E-state index in [1.54, 1.807) is 12.5 Å². The minimum Gasteiger partial charge on any atom is -0.468 e. The Bertz CT molecular complexity index is 490. The van der Waals surface area contributed by atoms with Crippen LogP contribution in [-0.4, -0.2) is 9.97 Å². The largest absolute Gasteiger partial charge is 0.468 e. The summed E-state index contributed by atoms with van der Waals surface area (Å²) in [6.45, 7) is 0.432. The molecule has 0 bridgehead atoms. The maximum atomic E-state index is 5.50. The lowest BCUT2D eigenvalue weighted by Gasteiger charge is -1.99. The van der Waals surface area contributed by atoms with Gasteiger partial charge in [0.15, 0.2) is 0 Å². The Morgan fingerprint density at radius 2 is 2.43 bits per heavy atom. The number of hydrogen-bond acceptors (Lipinski definition) is 4. The Morgan fingerprint density at radius 1 is 1.50 bits per heavy atom. The summed E-state index contributed by atoms with van der Waals surface area (Å²) in [5, 5.41) is 0. The van der Waals surface area contributed by atoms with Crippen molar-refractivity contribution in [3.63, 3.8) is 0 Å². The van der Waals surface area contributed by atoms with E-state index in [0.717, 1.165) is 34.8 Å². The Labute approximate surface area is 80.8 Å². The van der Waals surface area contributed by atoms with Crippen LogP contribution < -0.4 is 5.73 Å². The number of aromatic nitrogens is 2. The fourth-order valence-corrected chi connectivity index (χ4v) is 1.76. The first-order chi connectivity index (χ1) is 6.88. The van der Waals surface area contributed by atoms with Crippen molar-refractivity contribution in [3.8, 4) is 11.3 Å². The molecule has 0 amide bonds. The minimum atomic E-state index is 0.432. The van der Waals surface area contributed by atoms with Crippen molar-refractivity contribution in [2.45, 2.75) is 13.0 Å². The minimum absolute atomic E-state index is 0.432. The third kappa shape index (κ3) is 0.914. The summed E-state index contributed by atoms with van der Waals surface area (Å²) in [5.41, 5.74) is 9.30. The standard InChI is InChI=1S/C10H9N3O/c11-4-6-5-12-10-7-1-2-14-9(7)3-8(10)13-6/h1-2,5H,3-4,11H2. The van der Waals surface area contributed by atoms with Gasteiger partial charge in [-0.15, -0.1) is 0 Å². The first-order valence-corrected chi connectivity index (χ1v) is 4.50. The molecule has 1 aliphatic carbocycles. The molecule has 2 aromatic heterocycles. The molecule has 0 saturated heterocycles. The molecule has 4 heteroatoms. The van der Waals surface area contributed by atoms with Gasteiger partial charge in [0, 0.05) is 12.1 Å². The van der Waals surface area contributed by atoms with Gasteiger partial charge in [-0.05, 0) is 6.07 Å². The van der Waals surface area contributed by atoms with Crippen molar-refractivity contribution in [1.82, 2.24) is 9.97 Å². The maximum Gasteiger partial charge on any atom is 0.119 e. The molecule has 1 aliphatic rings. The molecular formula is C10H9N3O. The molecule has 0 aromatic carbocycles. The van der Waals surface area contributed by atoms with Crippen LogP contribution in [0, 0.1) is 0 Å². The van der Waals surface area contributed by atoms with Crippen LogP contribution in [0.5, 0.6) is 0 Å². The maximum absolute atomic E-state index is 5.50. The van der Waals surface area contributed by atoms with Gasteiger partial charge in [0.1, 0.15) is 5.76 Å². The molecule has 2 heterocycles. The lowest BCUT2D eigenvalue weighted by molar-refractivity contribution is 0.524. The van der Waals surface area contributed by atoms with Gasteiger partial charge in [-0.2, -0.15) is 0 Å². The molecule has 14 heavy (non-hydrogen) atoms. The summed E-state index contributed by atoms with van der Waals surface area (Å²) in [6, 6.07) is 1.93. The molecule has 3 rings (SSSR count). The second-order valence-corrected chi connectivity index (χ2v) is 3.29. The van der Waals surface area contributed by atoms with Crippen molar-refractivity contribution in [2.24, 2.45) is 5.73 Å². The highest BCUT2D eigenvalue weighted by molar-refractivity contribution is 5.69. The van der Waals surface area contributed by atoms with Crippen molar-refractivity contribution in [2.75, 3.05) is 0 Å². The van der Waals surface area contributed by atoms with E-state index in [0.29, 0.717) is 6.54 Å². The predicted molar refractivity (Wildman–Crippen MR) is 50.4 cm³/mol. The summed E-state index contributed by atoms with van der Waals surface area (Å²) < 4.78 is 5.32. The van der Waals surface area contributed by atoms with Crippen LogP contribution in [-0.2, 0) is 13.0 Å². The van der Waals surface area contributed by atoms with Gasteiger partial charge >= 0.3 is 0 Å². The Hall–Kier alpha value is -1.68. The zero-order chi connectivity index (χ0) is 9.54. The Balaban J connectivity index is 2.18. The lowest BCUT2D eigenvalue weighted by atomic mass is 10.2. The van der Waals surface area contributed by atoms with Crippen molar-refractivity contribution in [3.05, 3.63) is 35.7 Å². The average molecular weight is 187 g/mol. The van der Waals surface area contributed by atoms with E-state index < -0.39 is 0 Å². The normalized spacial score (nSPS) is 12.6. The molecular weight excluding hydrogens is 178 g/mol. The van der Waals surface area contributed by atoms with E-state index >= 15 is 0 Å². The van der Waals surface area contributed by atoms with Gasteiger partial charge in [-0.25, -0.2) is 0 Å². The topological polar surface area (TPSA) is 64.9 Å². The molecule has 4 nitrogen and oxygen atoms in total. The average Bonchev–Trinajstić information content (AvgIpc) is 2.75. The molecule has 0 radical (unpaired) electrons. The van der Waals surface area contributed by atoms with Crippen molar-refractivity contribution < 1.29 is 4.42 Å². The molecule has 0 aliphatic heterocycles. The van der Waals surface area contributed by atoms with Gasteiger partial charge in [-0.3, -0.25) is 9.97 Å². The summed E-state index contributed by atoms with van der Waals surface area (Å²) in [5.74, 6) is 0.953. The van der Waals surface area contributed by atoms with Crippen LogP contribution in [0.15, 0.2) is 22.9 Å². The van der Waals surface area contributed by atoms with Gasteiger partial charge in [-0.1, -0.05) is 0 Å². The molecule has 0 saturated carbocycles. The monoisotopic (exact) mass is 187 g/mol. The number of fused-ring (bicyclic) bond motifs is 3. The third-order valence-corrected chi connectivity index (χ3v) is 2.43. The highest BCUT2D eigenvalue weighted by Gasteiger charge is 2.23. The van der Waals surface area contributed by atoms with E-state index in [1.807, 2.05) is 6.07 Å². The van der Waals surface area contributed by atoms with E-state index in [-0.39, 0.29) is 0 Å². The zero-order valence-corrected chi connectivity index (χ0v) is 7.53. The molecule has 70 valence electrons. The lowest BCUT2D eigenvalue weighted by Crippen LogP contribution is -2.03. The third-order valence-electron chi connectivity index (χ3n) is 2.43. The van der Waals surface area contributed by atoms with Crippen LogP contribution in [0.3, 0.4) is 0 Å². The molecule has 0 unspecified atom stereocenters. The molecule has 0 spiro atoms. The fourth-order valence-electron chi connectivity index (χ4n) is 1.76. The first kappa shape index (κ1) is 7.70. The van der Waals surface area contributed by atoms with Crippen LogP contribution >= 0.6 is 0 Å². The number of rotatable bonds is 1. The summed E-state index contributed by atoms with van der Waals surface area (Å²) in [4.78, 5) is 8.75. The second-order valence-electron chi connectivity index (χ2n) is 3.29. The SMILES string of the molecule is NCc1cnc2c(n1)Cc1occc1-2. The molecule has 2 aromatic rings. The van der Waals surface area contributed by atoms with Gasteiger partial charge < -0.3 is 10.2 Å². The van der Waals surface area contributed by atoms with E-state index in [9.17, 15) is 0 Å². The van der Waals surface area contributed by atoms with Crippen LogP contribution in [0.2, 0.25) is 0 Å². The number of furan rings is 1. The molecule has 0 fully saturated rings. The molecule has 2 N–H and O–H groups in total. The van der Waals surface area contributed by atoms with Gasteiger partial charge in [0.05, 0.1) is 36.0 Å². The summed E-state index contributed by atoms with van der Waals surface area (Å²) in [6.07, 6.45) is 4.14. The van der Waals surface area contributed by atoms with Crippen LogP contribution in [0.4, 0.5) is 0 Å². The summed E-state index contributed by atoms with van der Waals surface area (Å²) >= 11 is 0. The number of nitrogens with zero attached hydrogens (tertiary/aromatic N) is 2. The predicted octanol–water partition coefficient (Wildman–Crippen LogP) is 1.10. The Morgan fingerprint density at radius 3 is 3.29 bits per heavy atom. The van der Waals surface area contributed by atoms with Crippen LogP contribution in [0.25, 0.3) is 11.3 Å². The number of hydrogen-bond donors (Lipinski definition) is 1. The second kappa shape index (κ2) is 2.65. The van der Waals surface area contributed by atoms with E-state index in [1.165, 1.54) is 0 Å². The van der Waals surface area contributed by atoms with Gasteiger partial charge in [0.25, 0.3) is 0 Å². The zero-order valence-electron chi connectivity index (χ0n) is 7.53. The van der Waals surface area contributed by atoms with E-state index in [4.69, 9.17) is 10.2 Å². The van der Waals surface area contributed by atoms with Crippen molar-refractivity contribution in [1.29, 1.82) is 0 Å². The van der Waals surface area contributed by atoms with Crippen molar-refractivity contribution >= 4 is 0 Å². The smallest absolute Gasteiger partial charge is 0.119 e. The summed E-state index contributed by atoms with van der Waals surface area (Å²) in [7, 11) is 0. The highest BCUT2D eigenvalue weighted by Crippen LogP contribution is 2.34.